The first-order chi connectivity index (χ1) is 11.7. The van der Waals surface area contributed by atoms with Crippen LogP contribution in [-0.2, 0) is 6.42 Å². The topological polar surface area (TPSA) is 81.2 Å². The first kappa shape index (κ1) is 16.1. The number of halogens is 1. The molecule has 3 N–H and O–H groups in total. The van der Waals surface area contributed by atoms with E-state index >= 15 is 0 Å². The minimum Gasteiger partial charge on any atom is -0.493 e. The van der Waals surface area contributed by atoms with Gasteiger partial charge in [0.25, 0.3) is 0 Å². The molecule has 2 aromatic carbocycles. The predicted octanol–water partition coefficient (Wildman–Crippen LogP) is 2.53. The molecule has 0 spiro atoms. The molecule has 0 fully saturated rings. The molecule has 1 heterocycles. The van der Waals surface area contributed by atoms with Crippen LogP contribution < -0.4 is 20.7 Å². The first-order valence-electron chi connectivity index (χ1n) is 7.28. The van der Waals surface area contributed by atoms with Gasteiger partial charge in [0.2, 0.25) is 0 Å². The number of methoxy groups -OCH3 is 2. The summed E-state index contributed by atoms with van der Waals surface area (Å²) in [6.45, 7) is 0. The summed E-state index contributed by atoms with van der Waals surface area (Å²) in [4.78, 5) is 0. The van der Waals surface area contributed by atoms with E-state index < -0.39 is 0 Å². The van der Waals surface area contributed by atoms with Gasteiger partial charge in [-0.15, -0.1) is 0 Å². The Bertz CT molecular complexity index is 833. The Morgan fingerprint density at radius 2 is 1.83 bits per heavy atom. The molecule has 0 bridgehead atoms. The van der Waals surface area contributed by atoms with Crippen molar-refractivity contribution in [2.75, 3.05) is 14.2 Å². The SMILES string of the molecule is COc1cc2c(cc1OC)C(c1ccccc1Cl)=NN/C(=N/N)C2. The van der Waals surface area contributed by atoms with Crippen molar-refractivity contribution in [3.63, 3.8) is 0 Å². The van der Waals surface area contributed by atoms with Crippen LogP contribution >= 0.6 is 11.6 Å². The maximum Gasteiger partial charge on any atom is 0.161 e. The highest BCUT2D eigenvalue weighted by molar-refractivity contribution is 6.35. The van der Waals surface area contributed by atoms with Crippen LogP contribution in [0.4, 0.5) is 0 Å². The Balaban J connectivity index is 2.25. The van der Waals surface area contributed by atoms with Crippen LogP contribution in [0.3, 0.4) is 0 Å². The Morgan fingerprint density at radius 1 is 1.12 bits per heavy atom. The molecule has 0 radical (unpaired) electrons. The number of benzene rings is 2. The minimum absolute atomic E-state index is 0.490. The zero-order chi connectivity index (χ0) is 17.1. The molecule has 6 nitrogen and oxygen atoms in total. The molecule has 0 aliphatic carbocycles. The van der Waals surface area contributed by atoms with Gasteiger partial charge in [-0.1, -0.05) is 29.8 Å². The van der Waals surface area contributed by atoms with Crippen LogP contribution in [0.5, 0.6) is 11.5 Å². The van der Waals surface area contributed by atoms with Gasteiger partial charge in [0.1, 0.15) is 5.84 Å². The Hall–Kier alpha value is -2.73. The molecule has 2 aromatic rings. The van der Waals surface area contributed by atoms with Crippen LogP contribution in [0.2, 0.25) is 5.02 Å². The van der Waals surface area contributed by atoms with Crippen LogP contribution in [-0.4, -0.2) is 25.8 Å². The van der Waals surface area contributed by atoms with Crippen LogP contribution in [0.1, 0.15) is 16.7 Å². The van der Waals surface area contributed by atoms with E-state index in [1.807, 2.05) is 36.4 Å². The van der Waals surface area contributed by atoms with Crippen molar-refractivity contribution in [2.45, 2.75) is 6.42 Å². The van der Waals surface area contributed by atoms with Crippen molar-refractivity contribution in [3.05, 3.63) is 58.1 Å². The summed E-state index contributed by atoms with van der Waals surface area (Å²) in [5, 5.41) is 8.81. The third-order valence-corrected chi connectivity index (χ3v) is 4.13. The smallest absolute Gasteiger partial charge is 0.161 e. The van der Waals surface area contributed by atoms with Crippen LogP contribution in [0.15, 0.2) is 46.6 Å². The molecule has 0 saturated heterocycles. The fourth-order valence-electron chi connectivity index (χ4n) is 2.62. The molecule has 24 heavy (non-hydrogen) atoms. The number of ether oxygens (including phenoxy) is 2. The third kappa shape index (κ3) is 2.88. The van der Waals surface area contributed by atoms with Gasteiger partial charge in [0.05, 0.1) is 25.0 Å². The average Bonchev–Trinajstić information content (AvgIpc) is 2.79. The lowest BCUT2D eigenvalue weighted by Gasteiger charge is -2.15. The van der Waals surface area contributed by atoms with E-state index in [2.05, 4.69) is 15.6 Å². The maximum atomic E-state index is 6.36. The lowest BCUT2D eigenvalue weighted by molar-refractivity contribution is 0.354. The molecule has 1 aliphatic heterocycles. The van der Waals surface area contributed by atoms with E-state index in [1.54, 1.807) is 14.2 Å². The molecule has 3 rings (SSSR count). The van der Waals surface area contributed by atoms with Crippen molar-refractivity contribution in [1.82, 2.24) is 5.43 Å². The molecule has 7 heteroatoms. The molecular formula is C17H17ClN4O2. The summed E-state index contributed by atoms with van der Waals surface area (Å²) < 4.78 is 10.8. The quantitative estimate of drug-likeness (QED) is 0.662. The third-order valence-electron chi connectivity index (χ3n) is 3.80. The summed E-state index contributed by atoms with van der Waals surface area (Å²) in [5.41, 5.74) is 6.24. The lowest BCUT2D eigenvalue weighted by Crippen LogP contribution is -2.21. The fraction of sp³-hybridized carbons (Fsp3) is 0.176. The van der Waals surface area contributed by atoms with Crippen LogP contribution in [0.25, 0.3) is 0 Å². The number of hydrogen-bond donors (Lipinski definition) is 2. The van der Waals surface area contributed by atoms with Crippen molar-refractivity contribution in [2.24, 2.45) is 16.0 Å². The predicted molar refractivity (Wildman–Crippen MR) is 95.1 cm³/mol. The minimum atomic E-state index is 0.490. The van der Waals surface area contributed by atoms with Gasteiger partial charge < -0.3 is 15.3 Å². The standard InChI is InChI=1S/C17H17ClN4O2/c1-23-14-7-10-8-16(20-19)21-22-17(12(10)9-15(14)24-2)11-5-3-4-6-13(11)18/h3-7,9H,8,19H2,1-2H3,(H,20,21). The normalized spacial score (nSPS) is 15.1. The summed E-state index contributed by atoms with van der Waals surface area (Å²) in [6.07, 6.45) is 0.490. The van der Waals surface area contributed by atoms with Gasteiger partial charge in [-0.25, -0.2) is 0 Å². The van der Waals surface area contributed by atoms with Gasteiger partial charge >= 0.3 is 0 Å². The van der Waals surface area contributed by atoms with Gasteiger partial charge in [-0.05, 0) is 23.8 Å². The van der Waals surface area contributed by atoms with E-state index in [0.717, 1.165) is 16.7 Å². The highest BCUT2D eigenvalue weighted by Gasteiger charge is 2.22. The number of hydrogen-bond acceptors (Lipinski definition) is 5. The molecule has 0 saturated carbocycles. The van der Waals surface area contributed by atoms with Gasteiger partial charge in [-0.2, -0.15) is 10.2 Å². The van der Waals surface area contributed by atoms with Gasteiger partial charge in [0.15, 0.2) is 11.5 Å². The zero-order valence-electron chi connectivity index (χ0n) is 13.3. The largest absolute Gasteiger partial charge is 0.493 e. The average molecular weight is 345 g/mol. The Labute approximate surface area is 144 Å². The van der Waals surface area contributed by atoms with E-state index in [1.165, 1.54) is 0 Å². The number of amidine groups is 1. The summed E-state index contributed by atoms with van der Waals surface area (Å²) >= 11 is 6.36. The number of rotatable bonds is 3. The van der Waals surface area contributed by atoms with Crippen molar-refractivity contribution < 1.29 is 9.47 Å². The van der Waals surface area contributed by atoms with E-state index in [0.29, 0.717) is 34.5 Å². The number of fused-ring (bicyclic) bond motifs is 1. The molecule has 0 atom stereocenters. The van der Waals surface area contributed by atoms with Gasteiger partial charge in [0, 0.05) is 17.5 Å². The molecule has 124 valence electrons. The highest BCUT2D eigenvalue weighted by Crippen LogP contribution is 2.33. The summed E-state index contributed by atoms with van der Waals surface area (Å²) in [5.74, 6) is 7.24. The second kappa shape index (κ2) is 6.80. The number of nitrogens with two attached hydrogens (primary N) is 1. The molecule has 0 aromatic heterocycles. The Kier molecular flexibility index (Phi) is 4.57. The molecular weight excluding hydrogens is 328 g/mol. The number of hydrazone groups is 2. The molecule has 0 unspecified atom stereocenters. The zero-order valence-corrected chi connectivity index (χ0v) is 14.1. The highest BCUT2D eigenvalue weighted by atomic mass is 35.5. The van der Waals surface area contributed by atoms with Crippen LogP contribution in [0, 0.1) is 0 Å². The summed E-state index contributed by atoms with van der Waals surface area (Å²) in [6, 6.07) is 11.3. The first-order valence-corrected chi connectivity index (χ1v) is 7.66. The second-order valence-electron chi connectivity index (χ2n) is 5.17. The van der Waals surface area contributed by atoms with E-state index in [4.69, 9.17) is 26.9 Å². The Morgan fingerprint density at radius 3 is 2.50 bits per heavy atom. The second-order valence-corrected chi connectivity index (χ2v) is 5.58. The van der Waals surface area contributed by atoms with E-state index in [-0.39, 0.29) is 0 Å². The van der Waals surface area contributed by atoms with Crippen molar-refractivity contribution >= 4 is 23.1 Å². The fourth-order valence-corrected chi connectivity index (χ4v) is 2.85. The summed E-state index contributed by atoms with van der Waals surface area (Å²) in [7, 11) is 3.19. The van der Waals surface area contributed by atoms with Gasteiger partial charge in [-0.3, -0.25) is 5.43 Å². The van der Waals surface area contributed by atoms with Crippen molar-refractivity contribution in [3.8, 4) is 11.5 Å². The van der Waals surface area contributed by atoms with E-state index in [9.17, 15) is 0 Å². The number of nitrogens with one attached hydrogen (secondary N) is 1. The molecule has 1 aliphatic rings. The number of nitrogens with zero attached hydrogens (tertiary/aromatic N) is 2. The maximum absolute atomic E-state index is 6.36. The monoisotopic (exact) mass is 344 g/mol. The lowest BCUT2D eigenvalue weighted by atomic mass is 9.95. The molecule has 0 amide bonds. The van der Waals surface area contributed by atoms with Crippen molar-refractivity contribution in [1.29, 1.82) is 0 Å².